The number of halogens is 1. The fourth-order valence-electron chi connectivity index (χ4n) is 0.828. The van der Waals surface area contributed by atoms with Crippen molar-refractivity contribution < 1.29 is 9.90 Å². The second-order valence-corrected chi connectivity index (χ2v) is 2.05. The zero-order valence-corrected chi connectivity index (χ0v) is 6.28. The van der Waals surface area contributed by atoms with Gasteiger partial charge in [-0.1, -0.05) is 0 Å². The van der Waals surface area contributed by atoms with Crippen LogP contribution < -0.4 is 10.6 Å². The molecule has 4 nitrogen and oxygen atoms in total. The van der Waals surface area contributed by atoms with Gasteiger partial charge in [0.05, 0.1) is 0 Å². The van der Waals surface area contributed by atoms with Gasteiger partial charge in [0.15, 0.2) is 0 Å². The number of carboxylic acids is 1. The average molecular weight is 167 g/mol. The van der Waals surface area contributed by atoms with Crippen LogP contribution in [-0.4, -0.2) is 36.8 Å². The van der Waals surface area contributed by atoms with Crippen molar-refractivity contribution in [3.63, 3.8) is 0 Å². The van der Waals surface area contributed by atoms with Crippen LogP contribution in [0.4, 0.5) is 0 Å². The van der Waals surface area contributed by atoms with E-state index in [1.54, 1.807) is 0 Å². The molecule has 1 aliphatic rings. The van der Waals surface area contributed by atoms with Crippen LogP contribution in [0.5, 0.6) is 0 Å². The Labute approximate surface area is 65.4 Å². The van der Waals surface area contributed by atoms with Gasteiger partial charge in [0, 0.05) is 19.6 Å². The number of nitrogens with one attached hydrogen (secondary N) is 2. The molecular formula is C5H11ClN2O2. The zero-order valence-electron chi connectivity index (χ0n) is 5.46. The van der Waals surface area contributed by atoms with Crippen LogP contribution in [0.15, 0.2) is 0 Å². The Kier molecular flexibility index (Phi) is 4.34. The minimum atomic E-state index is -0.776. The summed E-state index contributed by atoms with van der Waals surface area (Å²) >= 11 is 0. The fourth-order valence-corrected chi connectivity index (χ4v) is 0.828. The van der Waals surface area contributed by atoms with E-state index in [-0.39, 0.29) is 12.4 Å². The summed E-state index contributed by atoms with van der Waals surface area (Å²) in [6.45, 7) is 2.15. The maximum atomic E-state index is 10.3. The summed E-state index contributed by atoms with van der Waals surface area (Å²) in [5.74, 6) is -0.776. The van der Waals surface area contributed by atoms with Crippen molar-refractivity contribution in [2.24, 2.45) is 0 Å². The summed E-state index contributed by atoms with van der Waals surface area (Å²) in [4.78, 5) is 10.3. The molecule has 1 aliphatic heterocycles. The molecule has 0 aromatic carbocycles. The molecule has 3 N–H and O–H groups in total. The molecule has 1 fully saturated rings. The Morgan fingerprint density at radius 2 is 2.20 bits per heavy atom. The highest BCUT2D eigenvalue weighted by atomic mass is 35.5. The molecule has 1 heterocycles. The van der Waals surface area contributed by atoms with Crippen molar-refractivity contribution in [3.8, 4) is 0 Å². The first-order valence-corrected chi connectivity index (χ1v) is 2.97. The number of piperazine rings is 1. The smallest absolute Gasteiger partial charge is 0.322 e. The van der Waals surface area contributed by atoms with Gasteiger partial charge in [-0.15, -0.1) is 12.4 Å². The predicted octanol–water partition coefficient (Wildman–Crippen LogP) is -0.946. The van der Waals surface area contributed by atoms with Crippen molar-refractivity contribution in [2.75, 3.05) is 19.6 Å². The maximum Gasteiger partial charge on any atom is 0.322 e. The third kappa shape index (κ3) is 2.51. The van der Waals surface area contributed by atoms with Gasteiger partial charge in [-0.05, 0) is 0 Å². The molecule has 0 bridgehead atoms. The number of aliphatic carboxylic acids is 1. The molecule has 0 aliphatic carbocycles. The monoisotopic (exact) mass is 166 g/mol. The molecule has 1 atom stereocenters. The van der Waals surface area contributed by atoms with E-state index in [9.17, 15) is 4.79 Å². The van der Waals surface area contributed by atoms with Crippen molar-refractivity contribution in [1.29, 1.82) is 0 Å². The lowest BCUT2D eigenvalue weighted by Gasteiger charge is -2.20. The largest absolute Gasteiger partial charge is 0.480 e. The number of hydrogen-bond donors (Lipinski definition) is 3. The lowest BCUT2D eigenvalue weighted by atomic mass is 10.2. The standard InChI is InChI=1S/C5H10N2O2.ClH/c8-5(9)4-3-6-1-2-7-4;/h4,6-7H,1-3H2,(H,8,9);1H/t4-;/m0./s1. The van der Waals surface area contributed by atoms with Gasteiger partial charge in [-0.2, -0.15) is 0 Å². The fraction of sp³-hybridized carbons (Fsp3) is 0.800. The Morgan fingerprint density at radius 1 is 1.50 bits per heavy atom. The number of hydrogen-bond acceptors (Lipinski definition) is 3. The zero-order chi connectivity index (χ0) is 6.69. The van der Waals surface area contributed by atoms with E-state index < -0.39 is 12.0 Å². The number of rotatable bonds is 1. The van der Waals surface area contributed by atoms with Crippen LogP contribution in [0.1, 0.15) is 0 Å². The van der Waals surface area contributed by atoms with E-state index >= 15 is 0 Å². The van der Waals surface area contributed by atoms with Gasteiger partial charge >= 0.3 is 5.97 Å². The summed E-state index contributed by atoms with van der Waals surface area (Å²) in [6.07, 6.45) is 0. The SMILES string of the molecule is Cl.O=C(O)[C@@H]1CNCCN1. The molecule has 0 spiro atoms. The molecule has 0 saturated carbocycles. The van der Waals surface area contributed by atoms with Crippen molar-refractivity contribution >= 4 is 18.4 Å². The highest BCUT2D eigenvalue weighted by molar-refractivity contribution is 5.85. The molecule has 0 radical (unpaired) electrons. The van der Waals surface area contributed by atoms with Gasteiger partial charge in [0.1, 0.15) is 6.04 Å². The molecule has 5 heteroatoms. The van der Waals surface area contributed by atoms with Crippen molar-refractivity contribution in [2.45, 2.75) is 6.04 Å². The Bertz CT molecular complexity index is 114. The molecular weight excluding hydrogens is 156 g/mol. The van der Waals surface area contributed by atoms with Crippen LogP contribution >= 0.6 is 12.4 Å². The Hall–Kier alpha value is -0.320. The molecule has 0 aromatic rings. The maximum absolute atomic E-state index is 10.3. The quantitative estimate of drug-likeness (QED) is 0.470. The van der Waals surface area contributed by atoms with Gasteiger partial charge in [-0.3, -0.25) is 4.79 Å². The van der Waals surface area contributed by atoms with Crippen LogP contribution in [0.25, 0.3) is 0 Å². The lowest BCUT2D eigenvalue weighted by molar-refractivity contribution is -0.139. The summed E-state index contributed by atoms with van der Waals surface area (Å²) < 4.78 is 0. The highest BCUT2D eigenvalue weighted by Crippen LogP contribution is 1.84. The van der Waals surface area contributed by atoms with Gasteiger partial charge in [0.25, 0.3) is 0 Å². The molecule has 1 saturated heterocycles. The van der Waals surface area contributed by atoms with Crippen molar-refractivity contribution in [3.05, 3.63) is 0 Å². The van der Waals surface area contributed by atoms with E-state index in [0.717, 1.165) is 13.1 Å². The molecule has 1 rings (SSSR count). The molecule has 0 unspecified atom stereocenters. The minimum absolute atomic E-state index is 0. The Balaban J connectivity index is 0.000000810. The Morgan fingerprint density at radius 3 is 2.50 bits per heavy atom. The van der Waals surface area contributed by atoms with E-state index in [0.29, 0.717) is 6.54 Å². The van der Waals surface area contributed by atoms with E-state index in [2.05, 4.69) is 10.6 Å². The normalized spacial score (nSPS) is 25.0. The van der Waals surface area contributed by atoms with Gasteiger partial charge < -0.3 is 15.7 Å². The third-order valence-corrected chi connectivity index (χ3v) is 1.34. The van der Waals surface area contributed by atoms with E-state index in [1.807, 2.05) is 0 Å². The van der Waals surface area contributed by atoms with Gasteiger partial charge in [-0.25, -0.2) is 0 Å². The predicted molar refractivity (Wildman–Crippen MR) is 39.5 cm³/mol. The highest BCUT2D eigenvalue weighted by Gasteiger charge is 2.18. The lowest BCUT2D eigenvalue weighted by Crippen LogP contribution is -2.52. The summed E-state index contributed by atoms with van der Waals surface area (Å²) in [6, 6.07) is -0.390. The first kappa shape index (κ1) is 9.68. The van der Waals surface area contributed by atoms with Gasteiger partial charge in [0.2, 0.25) is 0 Å². The second kappa shape index (κ2) is 4.49. The van der Waals surface area contributed by atoms with Crippen LogP contribution in [0, 0.1) is 0 Å². The summed E-state index contributed by atoms with van der Waals surface area (Å²) in [5, 5.41) is 14.3. The second-order valence-electron chi connectivity index (χ2n) is 2.05. The third-order valence-electron chi connectivity index (χ3n) is 1.34. The topological polar surface area (TPSA) is 61.4 Å². The first-order chi connectivity index (χ1) is 4.30. The average Bonchev–Trinajstić information content (AvgIpc) is 1.90. The molecule has 0 amide bonds. The summed E-state index contributed by atoms with van der Waals surface area (Å²) in [5.41, 5.74) is 0. The minimum Gasteiger partial charge on any atom is -0.480 e. The van der Waals surface area contributed by atoms with E-state index in [1.165, 1.54) is 0 Å². The number of carboxylic acid groups (broad SMARTS) is 1. The first-order valence-electron chi connectivity index (χ1n) is 2.97. The summed E-state index contributed by atoms with van der Waals surface area (Å²) in [7, 11) is 0. The van der Waals surface area contributed by atoms with Crippen LogP contribution in [-0.2, 0) is 4.79 Å². The van der Waals surface area contributed by atoms with Crippen LogP contribution in [0.2, 0.25) is 0 Å². The van der Waals surface area contributed by atoms with Crippen molar-refractivity contribution in [1.82, 2.24) is 10.6 Å². The molecule has 10 heavy (non-hydrogen) atoms. The van der Waals surface area contributed by atoms with E-state index in [4.69, 9.17) is 5.11 Å². The molecule has 0 aromatic heterocycles. The van der Waals surface area contributed by atoms with Crippen LogP contribution in [0.3, 0.4) is 0 Å². The molecule has 60 valence electrons. The number of carbonyl (C=O) groups is 1.